The molecule has 2 heterocycles. The van der Waals surface area contributed by atoms with E-state index in [0.29, 0.717) is 34.4 Å². The second-order valence-electron chi connectivity index (χ2n) is 6.67. The zero-order valence-electron chi connectivity index (χ0n) is 15.4. The standard InChI is InChI=1S/C21H19ClN4O3/c22-16-5-2-1-4-15(16)17-12-18(26-25-17)20(27)23-13-7-9-14(10-8-13)24-21(28)19-6-3-11-29-19/h1-2,4-5,7-10,12,19H,3,6,11H2,(H,23,27)(H,24,28)(H,25,26). The van der Waals surface area contributed by atoms with Crippen LogP contribution in [0.25, 0.3) is 11.3 Å². The molecule has 1 unspecified atom stereocenters. The Hall–Kier alpha value is -3.16. The molecule has 8 heteroatoms. The molecular formula is C21H19ClN4O3. The largest absolute Gasteiger partial charge is 0.368 e. The molecule has 0 spiro atoms. The van der Waals surface area contributed by atoms with Crippen LogP contribution in [0.4, 0.5) is 11.4 Å². The number of carbonyl (C=O) groups excluding carboxylic acids is 2. The van der Waals surface area contributed by atoms with E-state index in [1.54, 1.807) is 36.4 Å². The first-order valence-corrected chi connectivity index (χ1v) is 9.62. The van der Waals surface area contributed by atoms with Gasteiger partial charge in [-0.2, -0.15) is 5.10 Å². The van der Waals surface area contributed by atoms with Gasteiger partial charge in [0.05, 0.1) is 10.7 Å². The number of halogens is 1. The summed E-state index contributed by atoms with van der Waals surface area (Å²) in [5.41, 5.74) is 2.89. The van der Waals surface area contributed by atoms with Crippen molar-refractivity contribution < 1.29 is 14.3 Å². The van der Waals surface area contributed by atoms with Crippen LogP contribution in [-0.2, 0) is 9.53 Å². The van der Waals surface area contributed by atoms with Gasteiger partial charge in [0.25, 0.3) is 11.8 Å². The van der Waals surface area contributed by atoms with Gasteiger partial charge in [-0.25, -0.2) is 0 Å². The van der Waals surface area contributed by atoms with Crippen LogP contribution in [-0.4, -0.2) is 34.7 Å². The van der Waals surface area contributed by atoms with Crippen LogP contribution < -0.4 is 10.6 Å². The van der Waals surface area contributed by atoms with E-state index in [4.69, 9.17) is 16.3 Å². The first-order chi connectivity index (χ1) is 14.1. The average molecular weight is 411 g/mol. The second-order valence-corrected chi connectivity index (χ2v) is 7.08. The Kier molecular flexibility index (Phi) is 5.59. The van der Waals surface area contributed by atoms with Crippen molar-refractivity contribution in [1.82, 2.24) is 10.2 Å². The molecule has 7 nitrogen and oxygen atoms in total. The van der Waals surface area contributed by atoms with E-state index in [0.717, 1.165) is 18.4 Å². The van der Waals surface area contributed by atoms with E-state index in [9.17, 15) is 9.59 Å². The summed E-state index contributed by atoms with van der Waals surface area (Å²) in [5, 5.41) is 13.1. The molecule has 3 aromatic rings. The molecule has 0 aliphatic carbocycles. The Morgan fingerprint density at radius 1 is 1.07 bits per heavy atom. The lowest BCUT2D eigenvalue weighted by atomic mass is 10.1. The monoisotopic (exact) mass is 410 g/mol. The van der Waals surface area contributed by atoms with Crippen LogP contribution in [0, 0.1) is 0 Å². The molecule has 1 aromatic heterocycles. The van der Waals surface area contributed by atoms with Gasteiger partial charge < -0.3 is 15.4 Å². The minimum absolute atomic E-state index is 0.149. The summed E-state index contributed by atoms with van der Waals surface area (Å²) >= 11 is 6.18. The maximum absolute atomic E-state index is 12.5. The van der Waals surface area contributed by atoms with Gasteiger partial charge in [0.2, 0.25) is 0 Å². The topological polar surface area (TPSA) is 96.1 Å². The molecule has 2 amide bonds. The Morgan fingerprint density at radius 3 is 2.48 bits per heavy atom. The van der Waals surface area contributed by atoms with Gasteiger partial charge in [-0.3, -0.25) is 14.7 Å². The fourth-order valence-electron chi connectivity index (χ4n) is 3.09. The Labute approximate surface area is 172 Å². The number of amides is 2. The van der Waals surface area contributed by atoms with Crippen LogP contribution in [0.2, 0.25) is 5.02 Å². The number of rotatable bonds is 5. The first kappa shape index (κ1) is 19.2. The zero-order chi connectivity index (χ0) is 20.2. The summed E-state index contributed by atoms with van der Waals surface area (Å²) in [5.74, 6) is -0.476. The van der Waals surface area contributed by atoms with Crippen LogP contribution in [0.5, 0.6) is 0 Å². The number of nitrogens with zero attached hydrogens (tertiary/aromatic N) is 1. The highest BCUT2D eigenvalue weighted by molar-refractivity contribution is 6.33. The van der Waals surface area contributed by atoms with Crippen LogP contribution in [0.1, 0.15) is 23.3 Å². The summed E-state index contributed by atoms with van der Waals surface area (Å²) in [4.78, 5) is 24.6. The molecule has 1 fully saturated rings. The molecule has 2 aromatic carbocycles. The normalized spacial score (nSPS) is 15.8. The molecule has 148 valence electrons. The Morgan fingerprint density at radius 2 is 1.79 bits per heavy atom. The van der Waals surface area contributed by atoms with Crippen molar-refractivity contribution in [1.29, 1.82) is 0 Å². The number of aromatic amines is 1. The van der Waals surface area contributed by atoms with E-state index in [1.165, 1.54) is 0 Å². The lowest BCUT2D eigenvalue weighted by molar-refractivity contribution is -0.124. The number of ether oxygens (including phenoxy) is 1. The van der Waals surface area contributed by atoms with E-state index >= 15 is 0 Å². The van der Waals surface area contributed by atoms with Crippen molar-refractivity contribution in [3.63, 3.8) is 0 Å². The van der Waals surface area contributed by atoms with Gasteiger partial charge in [-0.05, 0) is 49.2 Å². The number of nitrogens with one attached hydrogen (secondary N) is 3. The van der Waals surface area contributed by atoms with E-state index < -0.39 is 0 Å². The van der Waals surface area contributed by atoms with Crippen LogP contribution in [0.15, 0.2) is 54.6 Å². The van der Waals surface area contributed by atoms with Crippen molar-refractivity contribution >= 4 is 34.8 Å². The number of H-pyrrole nitrogens is 1. The van der Waals surface area contributed by atoms with Crippen molar-refractivity contribution in [3.05, 3.63) is 65.3 Å². The third-order valence-electron chi connectivity index (χ3n) is 4.60. The zero-order valence-corrected chi connectivity index (χ0v) is 16.2. The number of hydrogen-bond acceptors (Lipinski definition) is 4. The quantitative estimate of drug-likeness (QED) is 0.590. The predicted octanol–water partition coefficient (Wildman–Crippen LogP) is 4.10. The molecule has 1 saturated heterocycles. The number of hydrogen-bond donors (Lipinski definition) is 3. The predicted molar refractivity (Wildman–Crippen MR) is 111 cm³/mol. The van der Waals surface area contributed by atoms with E-state index in [1.807, 2.05) is 18.2 Å². The van der Waals surface area contributed by atoms with Gasteiger partial charge >= 0.3 is 0 Å². The Bertz CT molecular complexity index is 1030. The maximum Gasteiger partial charge on any atom is 0.273 e. The highest BCUT2D eigenvalue weighted by Crippen LogP contribution is 2.26. The summed E-state index contributed by atoms with van der Waals surface area (Å²) in [7, 11) is 0. The molecular weight excluding hydrogens is 392 g/mol. The fourth-order valence-corrected chi connectivity index (χ4v) is 3.32. The van der Waals surface area contributed by atoms with Crippen LogP contribution in [0.3, 0.4) is 0 Å². The van der Waals surface area contributed by atoms with Crippen molar-refractivity contribution in [3.8, 4) is 11.3 Å². The van der Waals surface area contributed by atoms with Crippen molar-refractivity contribution in [2.24, 2.45) is 0 Å². The smallest absolute Gasteiger partial charge is 0.273 e. The summed E-state index contributed by atoms with van der Waals surface area (Å²) in [6.07, 6.45) is 1.25. The molecule has 0 saturated carbocycles. The Balaban J connectivity index is 1.38. The second kappa shape index (κ2) is 8.46. The van der Waals surface area contributed by atoms with E-state index in [-0.39, 0.29) is 17.9 Å². The SMILES string of the molecule is O=C(Nc1ccc(NC(=O)C2CCCO2)cc1)c1cc(-c2ccccc2Cl)n[nH]1. The number of benzene rings is 2. The lowest BCUT2D eigenvalue weighted by Crippen LogP contribution is -2.26. The molecule has 0 radical (unpaired) electrons. The number of carbonyl (C=O) groups is 2. The third-order valence-corrected chi connectivity index (χ3v) is 4.93. The summed E-state index contributed by atoms with van der Waals surface area (Å²) in [6.45, 7) is 0.620. The van der Waals surface area contributed by atoms with Gasteiger partial charge in [0.15, 0.2) is 0 Å². The van der Waals surface area contributed by atoms with Gasteiger partial charge in [-0.15, -0.1) is 0 Å². The molecule has 1 aliphatic rings. The van der Waals surface area contributed by atoms with Crippen molar-refractivity contribution in [2.75, 3.05) is 17.2 Å². The molecule has 1 atom stereocenters. The minimum atomic E-state index is -0.387. The highest BCUT2D eigenvalue weighted by Gasteiger charge is 2.23. The summed E-state index contributed by atoms with van der Waals surface area (Å²) in [6, 6.07) is 15.8. The molecule has 4 rings (SSSR count). The summed E-state index contributed by atoms with van der Waals surface area (Å²) < 4.78 is 5.37. The third kappa shape index (κ3) is 4.47. The first-order valence-electron chi connectivity index (χ1n) is 9.24. The highest BCUT2D eigenvalue weighted by atomic mass is 35.5. The number of aromatic nitrogens is 2. The lowest BCUT2D eigenvalue weighted by Gasteiger charge is -2.11. The van der Waals surface area contributed by atoms with Crippen molar-refractivity contribution in [2.45, 2.75) is 18.9 Å². The minimum Gasteiger partial charge on any atom is -0.368 e. The number of anilines is 2. The van der Waals surface area contributed by atoms with Gasteiger partial charge in [-0.1, -0.05) is 29.8 Å². The molecule has 0 bridgehead atoms. The van der Waals surface area contributed by atoms with Crippen LogP contribution >= 0.6 is 11.6 Å². The molecule has 29 heavy (non-hydrogen) atoms. The van der Waals surface area contributed by atoms with E-state index in [2.05, 4.69) is 20.8 Å². The molecule has 3 N–H and O–H groups in total. The maximum atomic E-state index is 12.5. The molecule has 1 aliphatic heterocycles. The van der Waals surface area contributed by atoms with Gasteiger partial charge in [0.1, 0.15) is 11.8 Å². The fraction of sp³-hybridized carbons (Fsp3) is 0.190. The average Bonchev–Trinajstić information content (AvgIpc) is 3.42. The van der Waals surface area contributed by atoms with Gasteiger partial charge in [0, 0.05) is 23.5 Å².